The van der Waals surface area contributed by atoms with Crippen LogP contribution in [0.15, 0.2) is 0 Å². The van der Waals surface area contributed by atoms with E-state index >= 15 is 0 Å². The summed E-state index contributed by atoms with van der Waals surface area (Å²) in [6, 6.07) is 0.384. The second-order valence-corrected chi connectivity index (χ2v) is 4.90. The third-order valence-electron chi connectivity index (χ3n) is 3.30. The number of rotatable bonds is 7. The van der Waals surface area contributed by atoms with Crippen molar-refractivity contribution in [1.29, 1.82) is 0 Å². The van der Waals surface area contributed by atoms with Crippen molar-refractivity contribution in [2.45, 2.75) is 39.0 Å². The zero-order chi connectivity index (χ0) is 13.5. The minimum absolute atomic E-state index is 0.384. The fourth-order valence-electron chi connectivity index (χ4n) is 2.26. The molecular formula is C13H23N5O. The number of nitrogens with zero attached hydrogens (tertiary/aromatic N) is 3. The van der Waals surface area contributed by atoms with E-state index in [9.17, 15) is 0 Å². The van der Waals surface area contributed by atoms with Gasteiger partial charge in [0.2, 0.25) is 11.9 Å². The van der Waals surface area contributed by atoms with Gasteiger partial charge in [0.05, 0.1) is 6.61 Å². The molecule has 6 heteroatoms. The Kier molecular flexibility index (Phi) is 5.18. The van der Waals surface area contributed by atoms with Crippen LogP contribution in [0.25, 0.3) is 0 Å². The first-order chi connectivity index (χ1) is 9.31. The molecule has 6 nitrogen and oxygen atoms in total. The predicted molar refractivity (Wildman–Crippen MR) is 75.6 cm³/mol. The van der Waals surface area contributed by atoms with Crippen molar-refractivity contribution >= 4 is 11.9 Å². The van der Waals surface area contributed by atoms with Crippen molar-refractivity contribution in [3.05, 3.63) is 0 Å². The van der Waals surface area contributed by atoms with Gasteiger partial charge in [0, 0.05) is 13.6 Å². The molecule has 0 aliphatic heterocycles. The number of nitrogens with one attached hydrogen (secondary N) is 2. The maximum absolute atomic E-state index is 5.47. The first kappa shape index (κ1) is 13.8. The van der Waals surface area contributed by atoms with E-state index in [0.29, 0.717) is 24.5 Å². The maximum atomic E-state index is 5.47. The van der Waals surface area contributed by atoms with Crippen molar-refractivity contribution < 1.29 is 4.74 Å². The van der Waals surface area contributed by atoms with E-state index in [1.807, 2.05) is 0 Å². The van der Waals surface area contributed by atoms with Gasteiger partial charge in [-0.05, 0) is 25.2 Å². The SMILES string of the molecule is CCCOc1nc(NC)nc(NCC2CCCC2)n1. The fraction of sp³-hybridized carbons (Fsp3) is 0.769. The van der Waals surface area contributed by atoms with Crippen LogP contribution in [-0.2, 0) is 0 Å². The molecule has 1 aromatic rings. The molecule has 0 aromatic carbocycles. The number of hydrogen-bond donors (Lipinski definition) is 2. The Hall–Kier alpha value is -1.59. The van der Waals surface area contributed by atoms with Crippen LogP contribution in [0.5, 0.6) is 6.01 Å². The van der Waals surface area contributed by atoms with E-state index in [4.69, 9.17) is 4.74 Å². The first-order valence-corrected chi connectivity index (χ1v) is 7.12. The van der Waals surface area contributed by atoms with Gasteiger partial charge in [0.15, 0.2) is 0 Å². The van der Waals surface area contributed by atoms with Gasteiger partial charge in [0.1, 0.15) is 0 Å². The third-order valence-corrected chi connectivity index (χ3v) is 3.30. The molecule has 0 bridgehead atoms. The van der Waals surface area contributed by atoms with Crippen molar-refractivity contribution in [3.63, 3.8) is 0 Å². The molecule has 1 aromatic heterocycles. The summed E-state index contributed by atoms with van der Waals surface area (Å²) in [5, 5.41) is 6.23. The van der Waals surface area contributed by atoms with Crippen molar-refractivity contribution in [2.24, 2.45) is 5.92 Å². The highest BCUT2D eigenvalue weighted by molar-refractivity contribution is 5.35. The number of anilines is 2. The van der Waals surface area contributed by atoms with E-state index in [0.717, 1.165) is 18.9 Å². The summed E-state index contributed by atoms with van der Waals surface area (Å²) in [5.41, 5.74) is 0. The summed E-state index contributed by atoms with van der Waals surface area (Å²) < 4.78 is 5.47. The Morgan fingerprint density at radius 3 is 2.58 bits per heavy atom. The van der Waals surface area contributed by atoms with E-state index in [2.05, 4.69) is 32.5 Å². The Labute approximate surface area is 114 Å². The molecule has 1 fully saturated rings. The van der Waals surface area contributed by atoms with Crippen molar-refractivity contribution in [1.82, 2.24) is 15.0 Å². The molecule has 2 N–H and O–H groups in total. The fourth-order valence-corrected chi connectivity index (χ4v) is 2.26. The summed E-state index contributed by atoms with van der Waals surface area (Å²) in [5.74, 6) is 1.88. The van der Waals surface area contributed by atoms with Gasteiger partial charge in [-0.1, -0.05) is 19.8 Å². The maximum Gasteiger partial charge on any atom is 0.323 e. The van der Waals surface area contributed by atoms with Crippen LogP contribution in [0.3, 0.4) is 0 Å². The van der Waals surface area contributed by atoms with Crippen molar-refractivity contribution in [2.75, 3.05) is 30.8 Å². The van der Waals surface area contributed by atoms with Crippen LogP contribution in [0.2, 0.25) is 0 Å². The minimum atomic E-state index is 0.384. The molecule has 0 radical (unpaired) electrons. The number of aromatic nitrogens is 3. The van der Waals surface area contributed by atoms with Crippen LogP contribution < -0.4 is 15.4 Å². The molecule has 1 heterocycles. The quantitative estimate of drug-likeness (QED) is 0.788. The topological polar surface area (TPSA) is 72.0 Å². The molecule has 1 aliphatic rings. The average molecular weight is 265 g/mol. The van der Waals surface area contributed by atoms with E-state index in [1.165, 1.54) is 25.7 Å². The summed E-state index contributed by atoms with van der Waals surface area (Å²) in [6.07, 6.45) is 6.23. The van der Waals surface area contributed by atoms with Gasteiger partial charge < -0.3 is 15.4 Å². The number of hydrogen-bond acceptors (Lipinski definition) is 6. The molecule has 2 rings (SSSR count). The number of ether oxygens (including phenoxy) is 1. The standard InChI is InChI=1S/C13H23N5O/c1-3-8-19-13-17-11(14-2)16-12(18-13)15-9-10-6-4-5-7-10/h10H,3-9H2,1-2H3,(H2,14,15,16,17,18). The Morgan fingerprint density at radius 2 is 1.89 bits per heavy atom. The van der Waals surface area contributed by atoms with Crippen LogP contribution in [0.1, 0.15) is 39.0 Å². The zero-order valence-electron chi connectivity index (χ0n) is 11.8. The Balaban J connectivity index is 1.96. The van der Waals surface area contributed by atoms with Crippen molar-refractivity contribution in [3.8, 4) is 6.01 Å². The second kappa shape index (κ2) is 7.11. The van der Waals surface area contributed by atoms with Gasteiger partial charge in [0.25, 0.3) is 0 Å². The van der Waals surface area contributed by atoms with E-state index in [-0.39, 0.29) is 0 Å². The lowest BCUT2D eigenvalue weighted by molar-refractivity contribution is 0.292. The highest BCUT2D eigenvalue weighted by Gasteiger charge is 2.15. The monoisotopic (exact) mass is 265 g/mol. The van der Waals surface area contributed by atoms with Gasteiger partial charge >= 0.3 is 6.01 Å². The first-order valence-electron chi connectivity index (χ1n) is 7.12. The van der Waals surface area contributed by atoms with Crippen LogP contribution in [0, 0.1) is 5.92 Å². The summed E-state index contributed by atoms with van der Waals surface area (Å²) in [4.78, 5) is 12.8. The lowest BCUT2D eigenvalue weighted by atomic mass is 10.1. The predicted octanol–water partition coefficient (Wildman–Crippen LogP) is 2.30. The smallest absolute Gasteiger partial charge is 0.323 e. The molecule has 0 unspecified atom stereocenters. The van der Waals surface area contributed by atoms with E-state index in [1.54, 1.807) is 7.05 Å². The molecule has 0 saturated heterocycles. The van der Waals surface area contributed by atoms with Gasteiger partial charge in [-0.2, -0.15) is 15.0 Å². The minimum Gasteiger partial charge on any atom is -0.463 e. The van der Waals surface area contributed by atoms with Gasteiger partial charge in [-0.25, -0.2) is 0 Å². The Morgan fingerprint density at radius 1 is 1.16 bits per heavy atom. The van der Waals surface area contributed by atoms with Crippen LogP contribution >= 0.6 is 0 Å². The molecule has 1 aliphatic carbocycles. The molecular weight excluding hydrogens is 242 g/mol. The van der Waals surface area contributed by atoms with Gasteiger partial charge in [-0.3, -0.25) is 0 Å². The highest BCUT2D eigenvalue weighted by Crippen LogP contribution is 2.24. The highest BCUT2D eigenvalue weighted by atomic mass is 16.5. The molecule has 0 spiro atoms. The van der Waals surface area contributed by atoms with E-state index < -0.39 is 0 Å². The Bertz CT molecular complexity index is 393. The third kappa shape index (κ3) is 4.22. The van der Waals surface area contributed by atoms with Crippen LogP contribution in [0.4, 0.5) is 11.9 Å². The molecule has 106 valence electrons. The average Bonchev–Trinajstić information content (AvgIpc) is 2.96. The molecule has 0 atom stereocenters. The van der Waals surface area contributed by atoms with Crippen LogP contribution in [-0.4, -0.2) is 35.2 Å². The lowest BCUT2D eigenvalue weighted by Gasteiger charge is -2.12. The zero-order valence-corrected chi connectivity index (χ0v) is 11.8. The summed E-state index contributed by atoms with van der Waals surface area (Å²) in [6.45, 7) is 3.61. The normalized spacial score (nSPS) is 15.5. The van der Waals surface area contributed by atoms with Gasteiger partial charge in [-0.15, -0.1) is 0 Å². The summed E-state index contributed by atoms with van der Waals surface area (Å²) in [7, 11) is 1.79. The largest absolute Gasteiger partial charge is 0.463 e. The second-order valence-electron chi connectivity index (χ2n) is 4.90. The lowest BCUT2D eigenvalue weighted by Crippen LogP contribution is -2.15. The molecule has 0 amide bonds. The molecule has 19 heavy (non-hydrogen) atoms. The molecule has 1 saturated carbocycles. The summed E-state index contributed by atoms with van der Waals surface area (Å²) >= 11 is 0.